The molecule has 4 aliphatic carbocycles. The summed E-state index contributed by atoms with van der Waals surface area (Å²) in [5, 5.41) is 0. The lowest BCUT2D eigenvalue weighted by molar-refractivity contribution is -0.149. The van der Waals surface area contributed by atoms with Crippen LogP contribution in [0.3, 0.4) is 0 Å². The van der Waals surface area contributed by atoms with E-state index in [4.69, 9.17) is 9.47 Å². The van der Waals surface area contributed by atoms with Crippen LogP contribution in [0.2, 0.25) is 0 Å². The lowest BCUT2D eigenvalue weighted by atomic mass is 9.62. The first kappa shape index (κ1) is 24.9. The summed E-state index contributed by atoms with van der Waals surface area (Å²) >= 11 is 0. The normalized spacial score (nSPS) is 39.2. The molecule has 0 N–H and O–H groups in total. The summed E-state index contributed by atoms with van der Waals surface area (Å²) in [6, 6.07) is 0. The number of cyclic esters (lactones) is 2. The molecule has 2 fully saturated rings. The highest BCUT2D eigenvalue weighted by Gasteiger charge is 2.44. The second-order valence-electron chi connectivity index (χ2n) is 11.9. The molecule has 6 atom stereocenters. The summed E-state index contributed by atoms with van der Waals surface area (Å²) in [4.78, 5) is 52.1. The van der Waals surface area contributed by atoms with Gasteiger partial charge in [0.05, 0.1) is 11.8 Å². The first-order valence-electron chi connectivity index (χ1n) is 13.3. The molecule has 0 radical (unpaired) electrons. The van der Waals surface area contributed by atoms with Gasteiger partial charge in [0.15, 0.2) is 11.6 Å². The van der Waals surface area contributed by atoms with Crippen molar-refractivity contribution >= 4 is 23.5 Å². The molecule has 5 rings (SSSR count). The van der Waals surface area contributed by atoms with Gasteiger partial charge in [-0.2, -0.15) is 0 Å². The van der Waals surface area contributed by atoms with Gasteiger partial charge in [-0.25, -0.2) is 0 Å². The number of hydrogen-bond donors (Lipinski definition) is 0. The van der Waals surface area contributed by atoms with Crippen LogP contribution in [-0.2, 0) is 28.7 Å². The molecule has 0 unspecified atom stereocenters. The van der Waals surface area contributed by atoms with Crippen molar-refractivity contribution in [3.8, 4) is 0 Å². The van der Waals surface area contributed by atoms with Crippen LogP contribution in [0.25, 0.3) is 0 Å². The fourth-order valence-electron chi connectivity index (χ4n) is 6.89. The molecule has 36 heavy (non-hydrogen) atoms. The van der Waals surface area contributed by atoms with Crippen LogP contribution in [0, 0.1) is 34.5 Å². The van der Waals surface area contributed by atoms with Gasteiger partial charge in [-0.15, -0.1) is 0 Å². The van der Waals surface area contributed by atoms with Gasteiger partial charge in [0.1, 0.15) is 13.2 Å². The Balaban J connectivity index is 1.52. The van der Waals surface area contributed by atoms with E-state index in [1.165, 1.54) is 0 Å². The Bertz CT molecular complexity index is 1060. The molecule has 0 amide bonds. The Morgan fingerprint density at radius 2 is 1.08 bits per heavy atom. The molecule has 0 aromatic carbocycles. The molecule has 1 aliphatic heterocycles. The lowest BCUT2D eigenvalue weighted by Crippen LogP contribution is -2.38. The Morgan fingerprint density at radius 1 is 0.694 bits per heavy atom. The van der Waals surface area contributed by atoms with Gasteiger partial charge in [-0.3, -0.25) is 19.2 Å². The van der Waals surface area contributed by atoms with Crippen molar-refractivity contribution in [2.75, 3.05) is 13.2 Å². The Labute approximate surface area is 212 Å². The summed E-state index contributed by atoms with van der Waals surface area (Å²) in [7, 11) is 0. The van der Waals surface area contributed by atoms with Gasteiger partial charge in [0.25, 0.3) is 0 Å². The van der Waals surface area contributed by atoms with E-state index < -0.39 is 0 Å². The molecule has 4 bridgehead atoms. The van der Waals surface area contributed by atoms with Gasteiger partial charge >= 0.3 is 11.9 Å². The third kappa shape index (κ3) is 4.12. The smallest absolute Gasteiger partial charge is 0.309 e. The van der Waals surface area contributed by atoms with Crippen molar-refractivity contribution in [3.63, 3.8) is 0 Å². The van der Waals surface area contributed by atoms with E-state index in [1.54, 1.807) is 12.2 Å². The zero-order chi connectivity index (χ0) is 25.8. The van der Waals surface area contributed by atoms with Crippen molar-refractivity contribution < 1.29 is 28.7 Å². The summed E-state index contributed by atoms with van der Waals surface area (Å²) in [5.41, 5.74) is 2.51. The van der Waals surface area contributed by atoms with Gasteiger partial charge in [-0.1, -0.05) is 39.8 Å². The molecule has 2 saturated carbocycles. The predicted octanol–water partition coefficient (Wildman–Crippen LogP) is 4.84. The van der Waals surface area contributed by atoms with Crippen molar-refractivity contribution in [2.24, 2.45) is 34.5 Å². The minimum atomic E-state index is -0.370. The maximum absolute atomic E-state index is 13.2. The summed E-state index contributed by atoms with van der Waals surface area (Å²) in [5.74, 6) is -1.55. The average Bonchev–Trinajstić information content (AvgIpc) is 2.86. The predicted molar refractivity (Wildman–Crippen MR) is 133 cm³/mol. The molecule has 0 saturated heterocycles. The van der Waals surface area contributed by atoms with Crippen LogP contribution in [0.15, 0.2) is 46.6 Å². The number of esters is 2. The molecule has 192 valence electrons. The van der Waals surface area contributed by atoms with Gasteiger partial charge < -0.3 is 9.47 Å². The highest BCUT2D eigenvalue weighted by molar-refractivity contribution is 6.07. The van der Waals surface area contributed by atoms with Crippen LogP contribution < -0.4 is 0 Å². The van der Waals surface area contributed by atoms with E-state index in [-0.39, 0.29) is 71.2 Å². The van der Waals surface area contributed by atoms with E-state index >= 15 is 0 Å². The Hall–Kier alpha value is -2.76. The molecule has 5 aliphatic rings. The van der Waals surface area contributed by atoms with Crippen LogP contribution in [-0.4, -0.2) is 36.7 Å². The fraction of sp³-hybridized carbons (Fsp3) is 0.600. The molecule has 6 heteroatoms. The number of hydrogen-bond acceptors (Lipinski definition) is 6. The second kappa shape index (κ2) is 8.97. The number of fused-ring (bicyclic) bond motifs is 2. The molecule has 0 aromatic rings. The highest BCUT2D eigenvalue weighted by atomic mass is 16.5. The monoisotopic (exact) mass is 492 g/mol. The average molecular weight is 493 g/mol. The highest BCUT2D eigenvalue weighted by Crippen LogP contribution is 2.51. The number of ether oxygens (including phenoxy) is 2. The SMILES string of the molecule is C[C@H]1C(=O)OCC2=C3C[C@@H](CC[C@@]3(C)C=CC2=O)[C@@H](C)C(=O)OCC2=C3C[C@H]1CC[C@@]3(C)C=CC2=O. The largest absolute Gasteiger partial charge is 0.460 e. The quantitative estimate of drug-likeness (QED) is 0.450. The third-order valence-electron chi connectivity index (χ3n) is 9.78. The minimum Gasteiger partial charge on any atom is -0.460 e. The van der Waals surface area contributed by atoms with E-state index in [0.717, 1.165) is 36.8 Å². The number of carbonyl (C=O) groups excluding carboxylic acids is 4. The molecular formula is C30H36O6. The summed E-state index contributed by atoms with van der Waals surface area (Å²) < 4.78 is 11.6. The second-order valence-corrected chi connectivity index (χ2v) is 11.9. The first-order chi connectivity index (χ1) is 17.0. The van der Waals surface area contributed by atoms with Crippen LogP contribution in [0.4, 0.5) is 0 Å². The number of carbonyl (C=O) groups is 4. The standard InChI is InChI=1S/C30H36O6/c1-17-19-5-9-29(3)11-7-26(32)22(23(29)13-19)16-36-28(34)18(2)20-6-10-30(4)12-8-25(31)21(24(30)14-20)15-35-27(17)33/h7-8,11-12,17-20H,5-6,9-10,13-16H2,1-4H3/t17-,18-,19-,20-,29+,30+/m1/s1. The molecule has 0 aromatic heterocycles. The van der Waals surface area contributed by atoms with Gasteiger partial charge in [-0.05, 0) is 73.7 Å². The Kier molecular flexibility index (Phi) is 6.20. The maximum atomic E-state index is 13.2. The first-order valence-corrected chi connectivity index (χ1v) is 13.3. The molecule has 1 heterocycles. The van der Waals surface area contributed by atoms with E-state index in [2.05, 4.69) is 13.8 Å². The summed E-state index contributed by atoms with van der Waals surface area (Å²) in [6.07, 6.45) is 11.6. The van der Waals surface area contributed by atoms with Crippen molar-refractivity contribution in [2.45, 2.75) is 66.2 Å². The van der Waals surface area contributed by atoms with E-state index in [9.17, 15) is 19.2 Å². The van der Waals surface area contributed by atoms with Gasteiger partial charge in [0.2, 0.25) is 0 Å². The van der Waals surface area contributed by atoms with Crippen molar-refractivity contribution in [1.82, 2.24) is 0 Å². The lowest BCUT2D eigenvalue weighted by Gasteiger charge is -2.43. The minimum absolute atomic E-state index is 0.0151. The Morgan fingerprint density at radius 3 is 1.47 bits per heavy atom. The number of rotatable bonds is 0. The van der Waals surface area contributed by atoms with Crippen LogP contribution in [0.1, 0.15) is 66.2 Å². The van der Waals surface area contributed by atoms with Crippen molar-refractivity contribution in [1.29, 1.82) is 0 Å². The fourth-order valence-corrected chi connectivity index (χ4v) is 6.89. The zero-order valence-electron chi connectivity index (χ0n) is 21.7. The topological polar surface area (TPSA) is 86.7 Å². The van der Waals surface area contributed by atoms with Gasteiger partial charge in [0, 0.05) is 22.0 Å². The van der Waals surface area contributed by atoms with Crippen LogP contribution >= 0.6 is 0 Å². The molecule has 0 spiro atoms. The van der Waals surface area contributed by atoms with Crippen LogP contribution in [0.5, 0.6) is 0 Å². The van der Waals surface area contributed by atoms with E-state index in [0.29, 0.717) is 24.0 Å². The van der Waals surface area contributed by atoms with E-state index in [1.807, 2.05) is 26.0 Å². The third-order valence-corrected chi connectivity index (χ3v) is 9.78. The van der Waals surface area contributed by atoms with Crippen molar-refractivity contribution in [3.05, 3.63) is 46.6 Å². The maximum Gasteiger partial charge on any atom is 0.309 e. The number of allylic oxidation sites excluding steroid dienone is 6. The molecular weight excluding hydrogens is 456 g/mol. The molecule has 6 nitrogen and oxygen atoms in total. The zero-order valence-corrected chi connectivity index (χ0v) is 21.7. The summed E-state index contributed by atoms with van der Waals surface area (Å²) in [6.45, 7) is 7.90. The number of ketones is 2.